The van der Waals surface area contributed by atoms with Gasteiger partial charge in [-0.05, 0) is 41.8 Å². The molecule has 1 aliphatic heterocycles. The summed E-state index contributed by atoms with van der Waals surface area (Å²) in [6.45, 7) is 4.32. The molecule has 1 unspecified atom stereocenters. The lowest BCUT2D eigenvalue weighted by Crippen LogP contribution is -2.52. The Morgan fingerprint density at radius 2 is 2.04 bits per heavy atom. The van der Waals surface area contributed by atoms with E-state index >= 15 is 0 Å². The second-order valence-corrected chi connectivity index (χ2v) is 7.37. The van der Waals surface area contributed by atoms with Crippen LogP contribution >= 0.6 is 11.6 Å². The molecule has 1 fully saturated rings. The normalized spacial score (nSPS) is 18.6. The van der Waals surface area contributed by atoms with Crippen molar-refractivity contribution in [2.75, 3.05) is 33.4 Å². The molecular weight excluding hydrogens is 367 g/mol. The van der Waals surface area contributed by atoms with Crippen molar-refractivity contribution in [2.24, 2.45) is 0 Å². The lowest BCUT2D eigenvalue weighted by molar-refractivity contribution is 0.0499. The molecule has 1 aliphatic rings. The number of benzene rings is 2. The molecule has 2 aromatic rings. The summed E-state index contributed by atoms with van der Waals surface area (Å²) in [7, 11) is 1.67. The number of methoxy groups -OCH3 is 1. The molecule has 0 spiro atoms. The number of rotatable bonds is 7. The van der Waals surface area contributed by atoms with E-state index in [1.54, 1.807) is 13.2 Å². The molecule has 6 heteroatoms. The van der Waals surface area contributed by atoms with E-state index in [1.165, 1.54) is 17.7 Å². The second kappa shape index (κ2) is 9.51. The molecule has 27 heavy (non-hydrogen) atoms. The fraction of sp³-hybridized carbons (Fsp3) is 0.429. The molecule has 1 heterocycles. The van der Waals surface area contributed by atoms with Crippen LogP contribution in [0.3, 0.4) is 0 Å². The lowest BCUT2D eigenvalue weighted by atomic mass is 10.1. The number of piperazine rings is 1. The molecule has 1 saturated heterocycles. The van der Waals surface area contributed by atoms with Crippen molar-refractivity contribution in [3.05, 3.63) is 64.4 Å². The molecule has 0 amide bonds. The number of nitrogens with zero attached hydrogens (tertiary/aromatic N) is 2. The average Bonchev–Trinajstić information content (AvgIpc) is 2.66. The predicted molar refractivity (Wildman–Crippen MR) is 106 cm³/mol. The Morgan fingerprint density at radius 1 is 1.19 bits per heavy atom. The number of hydrogen-bond acceptors (Lipinski definition) is 4. The van der Waals surface area contributed by atoms with Crippen molar-refractivity contribution in [1.82, 2.24) is 9.80 Å². The van der Waals surface area contributed by atoms with Gasteiger partial charge in [0.1, 0.15) is 11.6 Å². The Morgan fingerprint density at radius 3 is 2.78 bits per heavy atom. The number of halogens is 2. The topological polar surface area (TPSA) is 35.9 Å². The third-order valence-electron chi connectivity index (χ3n) is 5.08. The van der Waals surface area contributed by atoms with Gasteiger partial charge in [-0.25, -0.2) is 4.39 Å². The molecule has 0 bridgehead atoms. The quantitative estimate of drug-likeness (QED) is 0.781. The highest BCUT2D eigenvalue weighted by molar-refractivity contribution is 6.31. The van der Waals surface area contributed by atoms with Gasteiger partial charge < -0.3 is 9.84 Å². The van der Waals surface area contributed by atoms with Crippen LogP contribution in [-0.2, 0) is 13.1 Å². The molecule has 0 radical (unpaired) electrons. The summed E-state index contributed by atoms with van der Waals surface area (Å²) in [5.74, 6) is 0.542. The minimum Gasteiger partial charge on any atom is -0.497 e. The summed E-state index contributed by atoms with van der Waals surface area (Å²) in [6.07, 6.45) is 0.720. The number of aliphatic hydroxyl groups is 1. The fourth-order valence-corrected chi connectivity index (χ4v) is 3.86. The highest BCUT2D eigenvalue weighted by Gasteiger charge is 2.27. The van der Waals surface area contributed by atoms with Crippen molar-refractivity contribution in [2.45, 2.75) is 25.6 Å². The third-order valence-corrected chi connectivity index (χ3v) is 5.43. The molecule has 0 aliphatic carbocycles. The van der Waals surface area contributed by atoms with Gasteiger partial charge >= 0.3 is 0 Å². The van der Waals surface area contributed by atoms with E-state index in [4.69, 9.17) is 16.3 Å². The van der Waals surface area contributed by atoms with Crippen LogP contribution in [0.1, 0.15) is 17.5 Å². The SMILES string of the molecule is COc1cccc(CN2CCN(Cc3ccc(F)cc3Cl)CC2CCO)c1. The van der Waals surface area contributed by atoms with Gasteiger partial charge in [-0.2, -0.15) is 0 Å². The second-order valence-electron chi connectivity index (χ2n) is 6.96. The fourth-order valence-electron chi connectivity index (χ4n) is 3.63. The predicted octanol–water partition coefficient (Wildman–Crippen LogP) is 3.56. The zero-order valence-corrected chi connectivity index (χ0v) is 16.3. The first-order valence-corrected chi connectivity index (χ1v) is 9.61. The van der Waals surface area contributed by atoms with Crippen LogP contribution in [0.5, 0.6) is 5.75 Å². The first kappa shape index (κ1) is 20.1. The van der Waals surface area contributed by atoms with Gasteiger partial charge in [0.25, 0.3) is 0 Å². The van der Waals surface area contributed by atoms with Crippen LogP contribution in [0, 0.1) is 5.82 Å². The smallest absolute Gasteiger partial charge is 0.124 e. The first-order chi connectivity index (χ1) is 13.1. The Hall–Kier alpha value is -1.66. The Labute approximate surface area is 165 Å². The number of aliphatic hydroxyl groups excluding tert-OH is 1. The molecular formula is C21H26ClFN2O2. The number of ether oxygens (including phenoxy) is 1. The van der Waals surface area contributed by atoms with Crippen molar-refractivity contribution in [1.29, 1.82) is 0 Å². The zero-order chi connectivity index (χ0) is 19.2. The van der Waals surface area contributed by atoms with E-state index in [2.05, 4.69) is 21.9 Å². The van der Waals surface area contributed by atoms with E-state index in [0.717, 1.165) is 43.9 Å². The van der Waals surface area contributed by atoms with Gasteiger partial charge in [0, 0.05) is 50.4 Å². The largest absolute Gasteiger partial charge is 0.497 e. The van der Waals surface area contributed by atoms with Gasteiger partial charge in [0.05, 0.1) is 7.11 Å². The molecule has 2 aromatic carbocycles. The average molecular weight is 393 g/mol. The van der Waals surface area contributed by atoms with Gasteiger partial charge in [0.15, 0.2) is 0 Å². The van der Waals surface area contributed by atoms with Crippen LogP contribution in [0.25, 0.3) is 0 Å². The summed E-state index contributed by atoms with van der Waals surface area (Å²) >= 11 is 6.18. The van der Waals surface area contributed by atoms with E-state index in [0.29, 0.717) is 11.6 Å². The minimum atomic E-state index is -0.315. The van der Waals surface area contributed by atoms with E-state index in [9.17, 15) is 9.50 Å². The van der Waals surface area contributed by atoms with Gasteiger partial charge in [-0.15, -0.1) is 0 Å². The van der Waals surface area contributed by atoms with E-state index in [-0.39, 0.29) is 18.5 Å². The maximum absolute atomic E-state index is 13.3. The Balaban J connectivity index is 1.65. The Kier molecular flexibility index (Phi) is 7.07. The summed E-state index contributed by atoms with van der Waals surface area (Å²) in [4.78, 5) is 4.73. The monoisotopic (exact) mass is 392 g/mol. The minimum absolute atomic E-state index is 0.157. The number of hydrogen-bond donors (Lipinski definition) is 1. The maximum Gasteiger partial charge on any atom is 0.124 e. The van der Waals surface area contributed by atoms with Crippen LogP contribution in [0.15, 0.2) is 42.5 Å². The third kappa shape index (κ3) is 5.42. The van der Waals surface area contributed by atoms with Crippen molar-refractivity contribution >= 4 is 11.6 Å². The molecule has 1 atom stereocenters. The lowest BCUT2D eigenvalue weighted by Gasteiger charge is -2.41. The first-order valence-electron chi connectivity index (χ1n) is 9.23. The highest BCUT2D eigenvalue weighted by atomic mass is 35.5. The molecule has 0 aromatic heterocycles. The van der Waals surface area contributed by atoms with Gasteiger partial charge in [-0.1, -0.05) is 29.8 Å². The molecule has 4 nitrogen and oxygen atoms in total. The standard InChI is InChI=1S/C21H26ClFN2O2/c1-27-20-4-2-3-16(11-20)13-25-9-8-24(15-19(25)7-10-26)14-17-5-6-18(23)12-21(17)22/h2-6,11-12,19,26H,7-10,13-15H2,1H3. The molecule has 146 valence electrons. The van der Waals surface area contributed by atoms with Crippen LogP contribution < -0.4 is 4.74 Å². The summed E-state index contributed by atoms with van der Waals surface area (Å²) in [6, 6.07) is 12.9. The van der Waals surface area contributed by atoms with Gasteiger partial charge in [-0.3, -0.25) is 9.80 Å². The Bertz CT molecular complexity index is 759. The highest BCUT2D eigenvalue weighted by Crippen LogP contribution is 2.23. The maximum atomic E-state index is 13.3. The van der Waals surface area contributed by atoms with Crippen LogP contribution in [0.4, 0.5) is 4.39 Å². The van der Waals surface area contributed by atoms with Crippen molar-refractivity contribution in [3.8, 4) is 5.75 Å². The summed E-state index contributed by atoms with van der Waals surface area (Å²) in [5, 5.41) is 9.97. The van der Waals surface area contributed by atoms with Crippen molar-refractivity contribution < 1.29 is 14.2 Å². The van der Waals surface area contributed by atoms with Gasteiger partial charge in [0.2, 0.25) is 0 Å². The molecule has 1 N–H and O–H groups in total. The molecule has 3 rings (SSSR count). The molecule has 0 saturated carbocycles. The van der Waals surface area contributed by atoms with E-state index < -0.39 is 0 Å². The van der Waals surface area contributed by atoms with Crippen LogP contribution in [-0.4, -0.2) is 54.3 Å². The summed E-state index contributed by atoms with van der Waals surface area (Å²) < 4.78 is 18.6. The van der Waals surface area contributed by atoms with E-state index in [1.807, 2.05) is 12.1 Å². The van der Waals surface area contributed by atoms with Crippen LogP contribution in [0.2, 0.25) is 5.02 Å². The summed E-state index contributed by atoms with van der Waals surface area (Å²) in [5.41, 5.74) is 2.13. The zero-order valence-electron chi connectivity index (χ0n) is 15.6. The van der Waals surface area contributed by atoms with Crippen molar-refractivity contribution in [3.63, 3.8) is 0 Å².